The van der Waals surface area contributed by atoms with Gasteiger partial charge in [-0.15, -0.1) is 5.92 Å². The van der Waals surface area contributed by atoms with Crippen molar-refractivity contribution in [3.63, 3.8) is 0 Å². The first-order valence-electron chi connectivity index (χ1n) is 12.0. The first-order valence-corrected chi connectivity index (χ1v) is 12.0. The van der Waals surface area contributed by atoms with E-state index in [-0.39, 0.29) is 41.8 Å². The predicted octanol–water partition coefficient (Wildman–Crippen LogP) is 1.29. The fraction of sp³-hybridized carbons (Fsp3) is 0.385. The van der Waals surface area contributed by atoms with Gasteiger partial charge in [0, 0.05) is 31.7 Å². The zero-order valence-corrected chi connectivity index (χ0v) is 20.3. The number of primary amides is 1. The highest BCUT2D eigenvalue weighted by atomic mass is 16.5. The molecule has 1 aliphatic rings. The first-order chi connectivity index (χ1) is 17.4. The summed E-state index contributed by atoms with van der Waals surface area (Å²) in [7, 11) is 0. The maximum Gasteiger partial charge on any atom is 0.277 e. The minimum atomic E-state index is -0.649. The number of anilines is 1. The summed E-state index contributed by atoms with van der Waals surface area (Å²) in [5, 5.41) is 0. The summed E-state index contributed by atoms with van der Waals surface area (Å²) >= 11 is 0. The van der Waals surface area contributed by atoms with Gasteiger partial charge in [0.15, 0.2) is 12.4 Å². The monoisotopic (exact) mass is 490 g/mol. The van der Waals surface area contributed by atoms with E-state index in [4.69, 9.17) is 21.2 Å². The minimum absolute atomic E-state index is 0.0415. The van der Waals surface area contributed by atoms with Gasteiger partial charge in [-0.1, -0.05) is 25.0 Å². The standard InChI is InChI=1S/C26H30N6O4/c1-2-3-6-13-32-24-20(29-26(32)31-12-7-8-18(27)15-31)11-14-30(25(24)35)16-21(33)19-9-4-5-10-22(19)36-17-23(28)34/h4-5,9-11,14,18H,2,7-8,12-13,15-17,27H2,1H3,(H2,28,34). The van der Waals surface area contributed by atoms with Crippen molar-refractivity contribution >= 4 is 28.7 Å². The van der Waals surface area contributed by atoms with Gasteiger partial charge in [0.1, 0.15) is 11.3 Å². The van der Waals surface area contributed by atoms with Gasteiger partial charge >= 0.3 is 0 Å². The largest absolute Gasteiger partial charge is 0.483 e. The van der Waals surface area contributed by atoms with Crippen molar-refractivity contribution in [2.24, 2.45) is 11.5 Å². The molecule has 0 spiro atoms. The zero-order chi connectivity index (χ0) is 25.7. The Kier molecular flexibility index (Phi) is 7.71. The molecule has 3 heterocycles. The smallest absolute Gasteiger partial charge is 0.277 e. The number of nitrogens with zero attached hydrogens (tertiary/aromatic N) is 4. The van der Waals surface area contributed by atoms with Crippen LogP contribution in [0.15, 0.2) is 41.3 Å². The van der Waals surface area contributed by atoms with Gasteiger partial charge in [-0.2, -0.15) is 0 Å². The van der Waals surface area contributed by atoms with E-state index in [1.54, 1.807) is 36.5 Å². The molecule has 3 aromatic rings. The lowest BCUT2D eigenvalue weighted by molar-refractivity contribution is -0.119. The number of carbonyl (C=O) groups excluding carboxylic acids is 2. The Labute approximate surface area is 208 Å². The number of nitrogens with two attached hydrogens (primary N) is 2. The Balaban J connectivity index is 1.71. The number of hydrogen-bond acceptors (Lipinski definition) is 7. The molecular weight excluding hydrogens is 460 g/mol. The fourth-order valence-corrected chi connectivity index (χ4v) is 4.34. The maximum absolute atomic E-state index is 13.6. The molecule has 0 bridgehead atoms. The molecule has 1 aromatic carbocycles. The molecule has 4 N–H and O–H groups in total. The van der Waals surface area contributed by atoms with E-state index in [0.717, 1.165) is 19.4 Å². The third kappa shape index (κ3) is 5.42. The third-order valence-corrected chi connectivity index (χ3v) is 6.00. The van der Waals surface area contributed by atoms with E-state index < -0.39 is 5.91 Å². The second-order valence-corrected chi connectivity index (χ2v) is 8.71. The summed E-state index contributed by atoms with van der Waals surface area (Å²) < 4.78 is 8.56. The molecule has 1 amide bonds. The van der Waals surface area contributed by atoms with Crippen molar-refractivity contribution in [2.75, 3.05) is 24.6 Å². The Morgan fingerprint density at radius 2 is 2.03 bits per heavy atom. The number of pyridine rings is 1. The number of ketones is 1. The van der Waals surface area contributed by atoms with E-state index in [1.165, 1.54) is 4.57 Å². The molecule has 1 fully saturated rings. The van der Waals surface area contributed by atoms with E-state index in [1.807, 2.05) is 11.5 Å². The number of benzene rings is 1. The lowest BCUT2D eigenvalue weighted by atomic mass is 10.1. The quantitative estimate of drug-likeness (QED) is 0.358. The van der Waals surface area contributed by atoms with Crippen molar-refractivity contribution in [1.29, 1.82) is 0 Å². The molecular formula is C26H30N6O4. The molecule has 1 atom stereocenters. The third-order valence-electron chi connectivity index (χ3n) is 6.00. The second-order valence-electron chi connectivity index (χ2n) is 8.71. The Hall–Kier alpha value is -4.10. The van der Waals surface area contributed by atoms with Gasteiger partial charge in [0.05, 0.1) is 24.2 Å². The van der Waals surface area contributed by atoms with E-state index >= 15 is 0 Å². The number of ether oxygens (including phenoxy) is 1. The second kappa shape index (κ2) is 11.1. The van der Waals surface area contributed by atoms with Crippen LogP contribution < -0.4 is 26.7 Å². The molecule has 10 nitrogen and oxygen atoms in total. The van der Waals surface area contributed by atoms with Crippen LogP contribution in [0.2, 0.25) is 0 Å². The highest BCUT2D eigenvalue weighted by Crippen LogP contribution is 2.24. The molecule has 1 saturated heterocycles. The molecule has 1 unspecified atom stereocenters. The summed E-state index contributed by atoms with van der Waals surface area (Å²) in [5.41, 5.74) is 12.2. The van der Waals surface area contributed by atoms with Crippen molar-refractivity contribution in [3.8, 4) is 17.6 Å². The summed E-state index contributed by atoms with van der Waals surface area (Å²) in [6.45, 7) is 3.17. The van der Waals surface area contributed by atoms with Crippen LogP contribution >= 0.6 is 0 Å². The summed E-state index contributed by atoms with van der Waals surface area (Å²) in [6.07, 6.45) is 4.16. The van der Waals surface area contributed by atoms with Crippen molar-refractivity contribution < 1.29 is 14.3 Å². The Morgan fingerprint density at radius 3 is 2.78 bits per heavy atom. The lowest BCUT2D eigenvalue weighted by Crippen LogP contribution is -2.44. The number of amides is 1. The topological polar surface area (TPSA) is 138 Å². The zero-order valence-electron chi connectivity index (χ0n) is 20.3. The van der Waals surface area contributed by atoms with Crippen LogP contribution in [-0.4, -0.2) is 51.5 Å². The molecule has 2 aromatic heterocycles. The number of rotatable bonds is 8. The number of aromatic nitrogens is 3. The Morgan fingerprint density at radius 1 is 1.22 bits per heavy atom. The van der Waals surface area contributed by atoms with Gasteiger partial charge < -0.3 is 25.7 Å². The van der Waals surface area contributed by atoms with Crippen LogP contribution in [0.5, 0.6) is 5.75 Å². The highest BCUT2D eigenvalue weighted by molar-refractivity contribution is 5.98. The number of hydrogen-bond donors (Lipinski definition) is 2. The summed E-state index contributed by atoms with van der Waals surface area (Å²) in [6, 6.07) is 8.32. The molecule has 0 radical (unpaired) electrons. The van der Waals surface area contributed by atoms with Crippen LogP contribution in [0.1, 0.15) is 36.5 Å². The average molecular weight is 491 g/mol. The molecule has 188 valence electrons. The number of piperidine rings is 1. The highest BCUT2D eigenvalue weighted by Gasteiger charge is 2.24. The van der Waals surface area contributed by atoms with Crippen LogP contribution in [0, 0.1) is 11.8 Å². The van der Waals surface area contributed by atoms with Gasteiger partial charge in [0.2, 0.25) is 5.95 Å². The van der Waals surface area contributed by atoms with Crippen molar-refractivity contribution in [3.05, 3.63) is 52.4 Å². The van der Waals surface area contributed by atoms with Crippen LogP contribution in [0.4, 0.5) is 5.95 Å². The predicted molar refractivity (Wildman–Crippen MR) is 137 cm³/mol. The normalized spacial score (nSPS) is 15.4. The van der Waals surface area contributed by atoms with Gasteiger partial charge in [-0.25, -0.2) is 4.98 Å². The number of para-hydroxylation sites is 1. The molecule has 1 aliphatic heterocycles. The maximum atomic E-state index is 13.6. The van der Waals surface area contributed by atoms with Crippen LogP contribution in [0.25, 0.3) is 11.0 Å². The van der Waals surface area contributed by atoms with Gasteiger partial charge in [0.25, 0.3) is 11.5 Å². The van der Waals surface area contributed by atoms with E-state index in [2.05, 4.69) is 16.7 Å². The number of Topliss-reactive ketones (excluding diaryl/α,β-unsaturated/α-hetero) is 1. The SMILES string of the molecule is CCC#CCn1c(N2CCCC(N)C2)nc2ccn(CC(=O)c3ccccc3OCC(N)=O)c(=O)c21. The number of carbonyl (C=O) groups is 2. The van der Waals surface area contributed by atoms with Gasteiger partial charge in [-0.3, -0.25) is 19.0 Å². The molecule has 0 aliphatic carbocycles. The van der Waals surface area contributed by atoms with Crippen LogP contribution in [0.3, 0.4) is 0 Å². The van der Waals surface area contributed by atoms with E-state index in [0.29, 0.717) is 36.5 Å². The van der Waals surface area contributed by atoms with Gasteiger partial charge in [-0.05, 0) is 31.0 Å². The minimum Gasteiger partial charge on any atom is -0.483 e. The average Bonchev–Trinajstić information content (AvgIpc) is 3.24. The first kappa shape index (κ1) is 25.0. The van der Waals surface area contributed by atoms with Crippen molar-refractivity contribution in [1.82, 2.24) is 14.1 Å². The Bertz CT molecular complexity index is 1400. The number of fused-ring (bicyclic) bond motifs is 1. The molecule has 10 heteroatoms. The summed E-state index contributed by atoms with van der Waals surface area (Å²) in [5.74, 6) is 6.07. The van der Waals surface area contributed by atoms with Crippen molar-refractivity contribution in [2.45, 2.75) is 45.3 Å². The fourth-order valence-electron chi connectivity index (χ4n) is 4.34. The summed E-state index contributed by atoms with van der Waals surface area (Å²) in [4.78, 5) is 44.7. The number of imidazole rings is 1. The van der Waals surface area contributed by atoms with Crippen LogP contribution in [-0.2, 0) is 17.9 Å². The molecule has 0 saturated carbocycles. The molecule has 36 heavy (non-hydrogen) atoms. The van der Waals surface area contributed by atoms with E-state index in [9.17, 15) is 14.4 Å². The molecule has 4 rings (SSSR count). The lowest BCUT2D eigenvalue weighted by Gasteiger charge is -2.31.